The number of anilines is 1. The number of hydrogen-bond acceptors (Lipinski definition) is 3. The van der Waals surface area contributed by atoms with Crippen LogP contribution >= 0.6 is 0 Å². The molecule has 1 aromatic heterocycles. The average molecular weight is 368 g/mol. The molecule has 0 fully saturated rings. The second-order valence-electron chi connectivity index (χ2n) is 5.93. The molecule has 27 heavy (non-hydrogen) atoms. The van der Waals surface area contributed by atoms with Gasteiger partial charge in [-0.15, -0.1) is 0 Å². The molecule has 0 aliphatic carbocycles. The largest absolute Gasteiger partial charge is 0.478 e. The highest BCUT2D eigenvalue weighted by Crippen LogP contribution is 2.21. The number of rotatable bonds is 6. The fraction of sp³-hybridized carbons (Fsp3) is 0.143. The molecule has 0 radical (unpaired) electrons. The van der Waals surface area contributed by atoms with Crippen molar-refractivity contribution in [2.75, 3.05) is 4.90 Å². The topological polar surface area (TPSA) is 42.4 Å². The van der Waals surface area contributed by atoms with Crippen LogP contribution in [0.25, 0.3) is 0 Å². The summed E-state index contributed by atoms with van der Waals surface area (Å²) in [7, 11) is 0. The number of carbonyl (C=O) groups excluding carboxylic acids is 1. The van der Waals surface area contributed by atoms with Gasteiger partial charge in [0.25, 0.3) is 5.91 Å². The molecule has 0 saturated carbocycles. The van der Waals surface area contributed by atoms with E-state index in [4.69, 9.17) is 4.74 Å². The lowest BCUT2D eigenvalue weighted by molar-refractivity contribution is -0.124. The zero-order valence-electron chi connectivity index (χ0n) is 14.7. The van der Waals surface area contributed by atoms with Gasteiger partial charge in [-0.2, -0.15) is 0 Å². The highest BCUT2D eigenvalue weighted by atomic mass is 19.1. The molecule has 1 amide bonds. The Labute approximate surface area is 156 Å². The molecule has 6 heteroatoms. The smallest absolute Gasteiger partial charge is 0.269 e. The van der Waals surface area contributed by atoms with Gasteiger partial charge in [0.15, 0.2) is 17.7 Å². The van der Waals surface area contributed by atoms with Crippen LogP contribution in [0.2, 0.25) is 0 Å². The molecule has 0 spiro atoms. The van der Waals surface area contributed by atoms with E-state index in [0.717, 1.165) is 0 Å². The number of benzene rings is 2. The first-order chi connectivity index (χ1) is 13.0. The van der Waals surface area contributed by atoms with Crippen LogP contribution in [0.4, 0.5) is 14.6 Å². The fourth-order valence-electron chi connectivity index (χ4n) is 2.60. The number of carbonyl (C=O) groups is 1. The van der Waals surface area contributed by atoms with Crippen molar-refractivity contribution in [1.29, 1.82) is 0 Å². The van der Waals surface area contributed by atoms with Crippen LogP contribution in [0.5, 0.6) is 5.75 Å². The third-order valence-corrected chi connectivity index (χ3v) is 3.91. The highest BCUT2D eigenvalue weighted by molar-refractivity contribution is 5.95. The summed E-state index contributed by atoms with van der Waals surface area (Å²) in [5, 5.41) is 0. The molecular formula is C21H18F2N2O2. The molecule has 0 aliphatic heterocycles. The zero-order valence-corrected chi connectivity index (χ0v) is 14.7. The summed E-state index contributed by atoms with van der Waals surface area (Å²) < 4.78 is 32.9. The first-order valence-corrected chi connectivity index (χ1v) is 8.42. The minimum absolute atomic E-state index is 0.00919. The summed E-state index contributed by atoms with van der Waals surface area (Å²) >= 11 is 0. The predicted octanol–water partition coefficient (Wildman–Crippen LogP) is 4.36. The van der Waals surface area contributed by atoms with Gasteiger partial charge >= 0.3 is 0 Å². The van der Waals surface area contributed by atoms with Gasteiger partial charge in [-0.25, -0.2) is 13.8 Å². The van der Waals surface area contributed by atoms with E-state index < -0.39 is 23.6 Å². The summed E-state index contributed by atoms with van der Waals surface area (Å²) in [5.41, 5.74) is 0.604. The van der Waals surface area contributed by atoms with Crippen LogP contribution in [0, 0.1) is 11.6 Å². The molecule has 0 bridgehead atoms. The number of nitrogens with zero attached hydrogens (tertiary/aromatic N) is 2. The molecule has 3 rings (SSSR count). The van der Waals surface area contributed by atoms with Gasteiger partial charge in [-0.05, 0) is 48.9 Å². The first-order valence-electron chi connectivity index (χ1n) is 8.42. The van der Waals surface area contributed by atoms with Gasteiger partial charge in [-0.3, -0.25) is 9.69 Å². The number of aromatic nitrogens is 1. The van der Waals surface area contributed by atoms with Crippen molar-refractivity contribution >= 4 is 11.7 Å². The summed E-state index contributed by atoms with van der Waals surface area (Å²) in [6.45, 7) is 1.65. The number of hydrogen-bond donors (Lipinski definition) is 0. The Bertz CT molecular complexity index is 919. The standard InChI is InChI=1S/C21H18F2N2O2/c1-15(27-19-10-3-2-9-18(19)23)21(26)25(20-11-4-5-12-24-20)14-16-7-6-8-17(22)13-16/h2-13,15H,14H2,1H3. The molecule has 1 unspecified atom stereocenters. The van der Waals surface area contributed by atoms with Crippen molar-refractivity contribution in [3.63, 3.8) is 0 Å². The summed E-state index contributed by atoms with van der Waals surface area (Å²) in [5.74, 6) is -0.967. The Kier molecular flexibility index (Phi) is 5.76. The van der Waals surface area contributed by atoms with Crippen LogP contribution in [0.15, 0.2) is 72.9 Å². The van der Waals surface area contributed by atoms with Crippen LogP contribution in [-0.2, 0) is 11.3 Å². The first kappa shape index (κ1) is 18.5. The second-order valence-corrected chi connectivity index (χ2v) is 5.93. The number of ether oxygens (including phenoxy) is 1. The summed E-state index contributed by atoms with van der Waals surface area (Å²) in [4.78, 5) is 18.6. The minimum atomic E-state index is -0.961. The lowest BCUT2D eigenvalue weighted by Crippen LogP contribution is -2.40. The van der Waals surface area contributed by atoms with E-state index in [0.29, 0.717) is 11.4 Å². The minimum Gasteiger partial charge on any atom is -0.478 e. The molecule has 3 aromatic rings. The van der Waals surface area contributed by atoms with Crippen molar-refractivity contribution in [1.82, 2.24) is 4.98 Å². The average Bonchev–Trinajstić information content (AvgIpc) is 2.68. The number of pyridine rings is 1. The molecular weight excluding hydrogens is 350 g/mol. The maximum absolute atomic E-state index is 13.8. The molecule has 4 nitrogen and oxygen atoms in total. The number of halogens is 2. The van der Waals surface area contributed by atoms with Crippen LogP contribution < -0.4 is 9.64 Å². The normalized spacial score (nSPS) is 11.7. The van der Waals surface area contributed by atoms with E-state index in [1.54, 1.807) is 48.7 Å². The van der Waals surface area contributed by atoms with Crippen LogP contribution in [0.3, 0.4) is 0 Å². The van der Waals surface area contributed by atoms with Crippen molar-refractivity contribution in [2.24, 2.45) is 0 Å². The monoisotopic (exact) mass is 368 g/mol. The van der Waals surface area contributed by atoms with E-state index in [2.05, 4.69) is 4.98 Å². The highest BCUT2D eigenvalue weighted by Gasteiger charge is 2.25. The van der Waals surface area contributed by atoms with Crippen LogP contribution in [-0.4, -0.2) is 17.0 Å². The number of para-hydroxylation sites is 1. The van der Waals surface area contributed by atoms with Crippen molar-refractivity contribution < 1.29 is 18.3 Å². The molecule has 2 aromatic carbocycles. The Morgan fingerprint density at radius 3 is 2.56 bits per heavy atom. The van der Waals surface area contributed by atoms with E-state index in [1.807, 2.05) is 0 Å². The Hall–Kier alpha value is -3.28. The van der Waals surface area contributed by atoms with Gasteiger partial charge in [0, 0.05) is 6.20 Å². The van der Waals surface area contributed by atoms with Gasteiger partial charge in [0.2, 0.25) is 0 Å². The van der Waals surface area contributed by atoms with Gasteiger partial charge in [-0.1, -0.05) is 30.3 Å². The SMILES string of the molecule is CC(Oc1ccccc1F)C(=O)N(Cc1cccc(F)c1)c1ccccn1. The fourth-order valence-corrected chi connectivity index (χ4v) is 2.60. The maximum Gasteiger partial charge on any atom is 0.269 e. The van der Waals surface area contributed by atoms with Crippen molar-refractivity contribution in [3.8, 4) is 5.75 Å². The molecule has 0 aliphatic rings. The molecule has 138 valence electrons. The second kappa shape index (κ2) is 8.40. The van der Waals surface area contributed by atoms with E-state index in [1.165, 1.54) is 36.1 Å². The summed E-state index contributed by atoms with van der Waals surface area (Å²) in [6, 6.07) is 17.0. The maximum atomic E-state index is 13.8. The zero-order chi connectivity index (χ0) is 19.2. The van der Waals surface area contributed by atoms with Gasteiger partial charge in [0.1, 0.15) is 11.6 Å². The molecule has 1 heterocycles. The third-order valence-electron chi connectivity index (χ3n) is 3.91. The van der Waals surface area contributed by atoms with Crippen molar-refractivity contribution in [2.45, 2.75) is 19.6 Å². The molecule has 0 N–H and O–H groups in total. The third kappa shape index (κ3) is 4.67. The van der Waals surface area contributed by atoms with E-state index >= 15 is 0 Å². The predicted molar refractivity (Wildman–Crippen MR) is 98.3 cm³/mol. The van der Waals surface area contributed by atoms with E-state index in [-0.39, 0.29) is 12.3 Å². The van der Waals surface area contributed by atoms with Gasteiger partial charge in [0.05, 0.1) is 6.54 Å². The van der Waals surface area contributed by atoms with E-state index in [9.17, 15) is 13.6 Å². The Morgan fingerprint density at radius 2 is 1.85 bits per heavy atom. The molecule has 0 saturated heterocycles. The van der Waals surface area contributed by atoms with Crippen LogP contribution in [0.1, 0.15) is 12.5 Å². The lowest BCUT2D eigenvalue weighted by atomic mass is 10.2. The van der Waals surface area contributed by atoms with Gasteiger partial charge < -0.3 is 4.74 Å². The summed E-state index contributed by atoms with van der Waals surface area (Å²) in [6.07, 6.45) is 0.598. The van der Waals surface area contributed by atoms with Crippen molar-refractivity contribution in [3.05, 3.63) is 90.1 Å². The quantitative estimate of drug-likeness (QED) is 0.649. The Balaban J connectivity index is 1.85. The lowest BCUT2D eigenvalue weighted by Gasteiger charge is -2.25. The number of amides is 1. The molecule has 1 atom stereocenters. The Morgan fingerprint density at radius 1 is 1.07 bits per heavy atom.